The summed E-state index contributed by atoms with van der Waals surface area (Å²) in [7, 11) is 0. The maximum absolute atomic E-state index is 12.1. The van der Waals surface area contributed by atoms with Crippen molar-refractivity contribution in [1.29, 1.82) is 0 Å². The van der Waals surface area contributed by atoms with Gasteiger partial charge in [0.25, 0.3) is 5.69 Å². The third-order valence-electron chi connectivity index (χ3n) is 3.93. The first-order valence-corrected chi connectivity index (χ1v) is 7.90. The van der Waals surface area contributed by atoms with Crippen LogP contribution in [0.3, 0.4) is 0 Å². The van der Waals surface area contributed by atoms with Crippen molar-refractivity contribution in [1.82, 2.24) is 15.0 Å². The highest BCUT2D eigenvalue weighted by molar-refractivity contribution is 5.41. The van der Waals surface area contributed by atoms with Crippen LogP contribution in [0.5, 0.6) is 5.75 Å². The Morgan fingerprint density at radius 3 is 2.38 bits per heavy atom. The van der Waals surface area contributed by atoms with Gasteiger partial charge in [-0.3, -0.25) is 10.1 Å². The van der Waals surface area contributed by atoms with Gasteiger partial charge >= 0.3 is 6.61 Å². The molecular formula is C15H16F2N6O3. The van der Waals surface area contributed by atoms with E-state index in [4.69, 9.17) is 0 Å². The minimum atomic E-state index is -2.91. The molecule has 0 aromatic carbocycles. The van der Waals surface area contributed by atoms with Crippen LogP contribution in [0.4, 0.5) is 26.2 Å². The maximum Gasteiger partial charge on any atom is 0.387 e. The van der Waals surface area contributed by atoms with E-state index in [9.17, 15) is 18.9 Å². The molecule has 0 aliphatic heterocycles. The van der Waals surface area contributed by atoms with Crippen molar-refractivity contribution < 1.29 is 18.4 Å². The van der Waals surface area contributed by atoms with Gasteiger partial charge in [0.05, 0.1) is 17.3 Å². The second-order valence-corrected chi connectivity index (χ2v) is 5.78. The maximum atomic E-state index is 12.1. The summed E-state index contributed by atoms with van der Waals surface area (Å²) in [5.41, 5.74) is -0.0575. The average Bonchev–Trinajstić information content (AvgIpc) is 3.03. The fraction of sp³-hybridized carbons (Fsp3) is 0.400. The molecule has 0 amide bonds. The highest BCUT2D eigenvalue weighted by Gasteiger charge is 2.25. The molecule has 3 rings (SSSR count). The monoisotopic (exact) mass is 366 g/mol. The summed E-state index contributed by atoms with van der Waals surface area (Å²) in [5.74, 6) is 0.817. The first kappa shape index (κ1) is 17.7. The summed E-state index contributed by atoms with van der Waals surface area (Å²) in [6.07, 6.45) is 6.10. The molecule has 1 aliphatic rings. The van der Waals surface area contributed by atoms with Gasteiger partial charge in [-0.05, 0) is 25.3 Å². The summed E-state index contributed by atoms with van der Waals surface area (Å²) < 4.78 is 28.4. The lowest BCUT2D eigenvalue weighted by Crippen LogP contribution is -2.22. The Morgan fingerprint density at radius 2 is 1.81 bits per heavy atom. The Labute approximate surface area is 147 Å². The summed E-state index contributed by atoms with van der Waals surface area (Å²) in [4.78, 5) is 22.1. The molecule has 0 radical (unpaired) electrons. The van der Waals surface area contributed by atoms with Crippen molar-refractivity contribution in [3.8, 4) is 5.75 Å². The number of nitrogens with zero attached hydrogens (tertiary/aromatic N) is 4. The Kier molecular flexibility index (Phi) is 5.34. The molecule has 2 atom stereocenters. The van der Waals surface area contributed by atoms with Crippen LogP contribution in [0.1, 0.15) is 19.3 Å². The Bertz CT molecular complexity index is 744. The van der Waals surface area contributed by atoms with E-state index in [0.29, 0.717) is 11.8 Å². The predicted octanol–water partition coefficient (Wildman–Crippen LogP) is 2.83. The summed E-state index contributed by atoms with van der Waals surface area (Å²) in [6, 6.07) is 3.25. The van der Waals surface area contributed by atoms with Crippen LogP contribution in [-0.2, 0) is 0 Å². The van der Waals surface area contributed by atoms with E-state index in [2.05, 4.69) is 30.3 Å². The fourth-order valence-corrected chi connectivity index (χ4v) is 2.77. The fourth-order valence-electron chi connectivity index (χ4n) is 2.77. The second kappa shape index (κ2) is 7.85. The molecule has 11 heteroatoms. The Morgan fingerprint density at radius 1 is 1.12 bits per heavy atom. The largest absolute Gasteiger partial charge is 0.432 e. The molecule has 1 fully saturated rings. The highest BCUT2D eigenvalue weighted by atomic mass is 19.3. The van der Waals surface area contributed by atoms with Gasteiger partial charge < -0.3 is 15.4 Å². The van der Waals surface area contributed by atoms with Crippen molar-refractivity contribution in [2.45, 2.75) is 38.0 Å². The standard InChI is InChI=1S/C15H16F2N6O3/c16-14(17)26-12-7-19-15(20-8-12)22-10-2-1-9(5-10)21-13-4-3-11(6-18-13)23(24)25/h3-4,6-10,14H,1-2,5H2,(H,18,21)(H,19,20,22)/t9-,10-/m0/s1. The lowest BCUT2D eigenvalue weighted by Gasteiger charge is -2.15. The molecule has 2 aromatic heterocycles. The highest BCUT2D eigenvalue weighted by Crippen LogP contribution is 2.25. The van der Waals surface area contributed by atoms with Crippen molar-refractivity contribution in [2.24, 2.45) is 0 Å². The van der Waals surface area contributed by atoms with Crippen LogP contribution in [0.2, 0.25) is 0 Å². The van der Waals surface area contributed by atoms with Crippen molar-refractivity contribution in [3.05, 3.63) is 40.8 Å². The average molecular weight is 366 g/mol. The number of nitrogens with one attached hydrogen (secondary N) is 2. The molecule has 26 heavy (non-hydrogen) atoms. The summed E-state index contributed by atoms with van der Waals surface area (Å²) >= 11 is 0. The lowest BCUT2D eigenvalue weighted by atomic mass is 10.2. The summed E-state index contributed by atoms with van der Waals surface area (Å²) in [6.45, 7) is -2.91. The zero-order valence-corrected chi connectivity index (χ0v) is 13.5. The van der Waals surface area contributed by atoms with Gasteiger partial charge in [0.15, 0.2) is 5.75 Å². The van der Waals surface area contributed by atoms with E-state index >= 15 is 0 Å². The number of halogens is 2. The van der Waals surface area contributed by atoms with E-state index in [1.807, 2.05) is 0 Å². The number of ether oxygens (including phenoxy) is 1. The molecule has 0 saturated heterocycles. The number of alkyl halides is 2. The topological polar surface area (TPSA) is 115 Å². The normalized spacial score (nSPS) is 19.3. The second-order valence-electron chi connectivity index (χ2n) is 5.78. The van der Waals surface area contributed by atoms with E-state index in [-0.39, 0.29) is 23.5 Å². The molecule has 2 heterocycles. The number of anilines is 2. The van der Waals surface area contributed by atoms with Crippen LogP contribution in [0.15, 0.2) is 30.7 Å². The molecule has 1 saturated carbocycles. The first-order valence-electron chi connectivity index (χ1n) is 7.90. The number of pyridine rings is 1. The zero-order valence-electron chi connectivity index (χ0n) is 13.5. The van der Waals surface area contributed by atoms with Crippen molar-refractivity contribution in [3.63, 3.8) is 0 Å². The molecule has 2 N–H and O–H groups in total. The molecule has 0 spiro atoms. The molecule has 0 bridgehead atoms. The van der Waals surface area contributed by atoms with E-state index in [1.54, 1.807) is 6.07 Å². The van der Waals surface area contributed by atoms with E-state index in [1.165, 1.54) is 24.7 Å². The van der Waals surface area contributed by atoms with Gasteiger partial charge in [0.2, 0.25) is 5.95 Å². The predicted molar refractivity (Wildman–Crippen MR) is 88.2 cm³/mol. The van der Waals surface area contributed by atoms with Gasteiger partial charge in [0, 0.05) is 18.2 Å². The van der Waals surface area contributed by atoms with Gasteiger partial charge in [0.1, 0.15) is 12.0 Å². The number of nitro groups is 1. The van der Waals surface area contributed by atoms with Crippen molar-refractivity contribution >= 4 is 17.5 Å². The van der Waals surface area contributed by atoms with Crippen LogP contribution in [0, 0.1) is 10.1 Å². The lowest BCUT2D eigenvalue weighted by molar-refractivity contribution is -0.385. The van der Waals surface area contributed by atoms with E-state index in [0.717, 1.165) is 19.3 Å². The van der Waals surface area contributed by atoms with Crippen LogP contribution in [0.25, 0.3) is 0 Å². The molecule has 1 aliphatic carbocycles. The van der Waals surface area contributed by atoms with Crippen molar-refractivity contribution in [2.75, 3.05) is 10.6 Å². The Balaban J connectivity index is 1.49. The molecular weight excluding hydrogens is 350 g/mol. The first-order chi connectivity index (χ1) is 12.5. The number of rotatable bonds is 7. The Hall–Kier alpha value is -3.11. The van der Waals surface area contributed by atoms with Crippen LogP contribution in [-0.4, -0.2) is 38.6 Å². The van der Waals surface area contributed by atoms with E-state index < -0.39 is 11.5 Å². The van der Waals surface area contributed by atoms with Gasteiger partial charge in [-0.25, -0.2) is 15.0 Å². The van der Waals surface area contributed by atoms with Crippen LogP contribution < -0.4 is 15.4 Å². The zero-order chi connectivity index (χ0) is 18.5. The van der Waals surface area contributed by atoms with Crippen LogP contribution >= 0.6 is 0 Å². The summed E-state index contributed by atoms with van der Waals surface area (Å²) in [5, 5.41) is 17.0. The number of hydrogen-bond acceptors (Lipinski definition) is 8. The quantitative estimate of drug-likeness (QED) is 0.568. The van der Waals surface area contributed by atoms with Gasteiger partial charge in [-0.15, -0.1) is 0 Å². The minimum Gasteiger partial charge on any atom is -0.432 e. The van der Waals surface area contributed by atoms with Gasteiger partial charge in [-0.2, -0.15) is 8.78 Å². The molecule has 9 nitrogen and oxygen atoms in total. The molecule has 138 valence electrons. The molecule has 2 aromatic rings. The SMILES string of the molecule is O=[N+]([O-])c1ccc(N[C@H]2CC[C@H](Nc3ncc(OC(F)F)cn3)C2)nc1. The third kappa shape index (κ3) is 4.71. The third-order valence-corrected chi connectivity index (χ3v) is 3.93. The smallest absolute Gasteiger partial charge is 0.387 e. The molecule has 0 unspecified atom stereocenters. The number of aromatic nitrogens is 3. The number of hydrogen-bond donors (Lipinski definition) is 2. The van der Waals surface area contributed by atoms with Gasteiger partial charge in [-0.1, -0.05) is 0 Å². The minimum absolute atomic E-state index is 0.0575.